The Balaban J connectivity index is 2.51. The summed E-state index contributed by atoms with van der Waals surface area (Å²) in [6.45, 7) is 5.54. The zero-order chi connectivity index (χ0) is 11.9. The summed E-state index contributed by atoms with van der Waals surface area (Å²) in [6, 6.07) is 6.24. The summed E-state index contributed by atoms with van der Waals surface area (Å²) in [5.74, 6) is 0.914. The van der Waals surface area contributed by atoms with Gasteiger partial charge in [0.15, 0.2) is 0 Å². The molecule has 1 aromatic carbocycles. The molecule has 1 aliphatic rings. The number of hydrogen-bond donors (Lipinski definition) is 0. The summed E-state index contributed by atoms with van der Waals surface area (Å²) >= 11 is 0. The smallest absolute Gasteiger partial charge is 0.121 e. The summed E-state index contributed by atoms with van der Waals surface area (Å²) in [5.41, 5.74) is 2.65. The van der Waals surface area contributed by atoms with E-state index in [9.17, 15) is 0 Å². The molecule has 0 spiro atoms. The van der Waals surface area contributed by atoms with Crippen LogP contribution >= 0.6 is 0 Å². The molecule has 16 heavy (non-hydrogen) atoms. The predicted octanol–water partition coefficient (Wildman–Crippen LogP) is 2.36. The van der Waals surface area contributed by atoms with Crippen molar-refractivity contribution in [1.82, 2.24) is 0 Å². The first-order chi connectivity index (χ1) is 7.45. The van der Waals surface area contributed by atoms with E-state index in [2.05, 4.69) is 49.9 Å². The summed E-state index contributed by atoms with van der Waals surface area (Å²) in [7, 11) is 5.99. The first-order valence-corrected chi connectivity index (χ1v) is 5.59. The van der Waals surface area contributed by atoms with Crippen LogP contribution in [0.3, 0.4) is 0 Å². The Kier molecular flexibility index (Phi) is 2.49. The van der Waals surface area contributed by atoms with E-state index >= 15 is 0 Å². The van der Waals surface area contributed by atoms with Gasteiger partial charge in [0.25, 0.3) is 0 Å². The fourth-order valence-corrected chi connectivity index (χ4v) is 2.32. The zero-order valence-corrected chi connectivity index (χ0v) is 10.7. The lowest BCUT2D eigenvalue weighted by Gasteiger charge is -2.47. The van der Waals surface area contributed by atoms with Crippen molar-refractivity contribution in [3.8, 4) is 5.75 Å². The van der Waals surface area contributed by atoms with Crippen LogP contribution in [0, 0.1) is 0 Å². The van der Waals surface area contributed by atoms with Crippen LogP contribution in [-0.4, -0.2) is 33.3 Å². The quantitative estimate of drug-likeness (QED) is 0.722. The van der Waals surface area contributed by atoms with Gasteiger partial charge in [-0.05, 0) is 26.0 Å². The van der Waals surface area contributed by atoms with Crippen LogP contribution < -0.4 is 14.5 Å². The molecule has 0 saturated carbocycles. The van der Waals surface area contributed by atoms with Crippen molar-refractivity contribution in [2.24, 2.45) is 0 Å². The van der Waals surface area contributed by atoms with Crippen LogP contribution in [0.4, 0.5) is 11.4 Å². The van der Waals surface area contributed by atoms with Gasteiger partial charge in [0.2, 0.25) is 0 Å². The SMILES string of the molecule is COc1ccc2c(c1)N(C)C(C)(C)CN2C. The van der Waals surface area contributed by atoms with Crippen molar-refractivity contribution in [3.63, 3.8) is 0 Å². The Morgan fingerprint density at radius 3 is 2.50 bits per heavy atom. The van der Waals surface area contributed by atoms with E-state index in [0.29, 0.717) is 0 Å². The number of ether oxygens (including phenoxy) is 1. The topological polar surface area (TPSA) is 15.7 Å². The molecule has 0 bridgehead atoms. The molecule has 1 aliphatic heterocycles. The van der Waals surface area contributed by atoms with Crippen molar-refractivity contribution in [2.75, 3.05) is 37.5 Å². The van der Waals surface area contributed by atoms with E-state index in [0.717, 1.165) is 12.3 Å². The van der Waals surface area contributed by atoms with Crippen molar-refractivity contribution in [1.29, 1.82) is 0 Å². The molecule has 3 nitrogen and oxygen atoms in total. The van der Waals surface area contributed by atoms with Gasteiger partial charge in [0.05, 0.1) is 24.0 Å². The van der Waals surface area contributed by atoms with Gasteiger partial charge in [-0.3, -0.25) is 0 Å². The molecular weight excluding hydrogens is 200 g/mol. The molecule has 0 fully saturated rings. The molecule has 0 N–H and O–H groups in total. The molecule has 2 rings (SSSR count). The fraction of sp³-hybridized carbons (Fsp3) is 0.538. The number of nitrogens with zero attached hydrogens (tertiary/aromatic N) is 2. The number of hydrogen-bond acceptors (Lipinski definition) is 3. The predicted molar refractivity (Wildman–Crippen MR) is 68.7 cm³/mol. The number of benzene rings is 1. The molecule has 1 aromatic rings. The van der Waals surface area contributed by atoms with Crippen LogP contribution in [0.5, 0.6) is 5.75 Å². The van der Waals surface area contributed by atoms with E-state index < -0.39 is 0 Å². The Hall–Kier alpha value is -1.38. The Morgan fingerprint density at radius 2 is 1.88 bits per heavy atom. The van der Waals surface area contributed by atoms with Crippen LogP contribution in [-0.2, 0) is 0 Å². The van der Waals surface area contributed by atoms with Crippen LogP contribution in [0.25, 0.3) is 0 Å². The minimum absolute atomic E-state index is 0.147. The van der Waals surface area contributed by atoms with Crippen LogP contribution in [0.2, 0.25) is 0 Å². The lowest BCUT2D eigenvalue weighted by molar-refractivity contribution is 0.413. The van der Waals surface area contributed by atoms with E-state index in [4.69, 9.17) is 4.74 Å². The maximum absolute atomic E-state index is 5.29. The van der Waals surface area contributed by atoms with E-state index in [-0.39, 0.29) is 5.54 Å². The maximum atomic E-state index is 5.29. The van der Waals surface area contributed by atoms with Crippen molar-refractivity contribution < 1.29 is 4.74 Å². The largest absolute Gasteiger partial charge is 0.497 e. The second-order valence-corrected chi connectivity index (χ2v) is 5.08. The first kappa shape index (κ1) is 11.1. The van der Waals surface area contributed by atoms with Gasteiger partial charge in [0, 0.05) is 26.7 Å². The number of fused-ring (bicyclic) bond motifs is 1. The van der Waals surface area contributed by atoms with Gasteiger partial charge in [-0.1, -0.05) is 0 Å². The normalized spacial score (nSPS) is 18.3. The van der Waals surface area contributed by atoms with Gasteiger partial charge < -0.3 is 14.5 Å². The molecule has 3 heteroatoms. The molecule has 1 heterocycles. The van der Waals surface area contributed by atoms with Gasteiger partial charge in [-0.25, -0.2) is 0 Å². The Bertz CT molecular complexity index is 401. The molecular formula is C13H20N2O. The van der Waals surface area contributed by atoms with Gasteiger partial charge >= 0.3 is 0 Å². The van der Waals surface area contributed by atoms with E-state index in [1.165, 1.54) is 11.4 Å². The lowest BCUT2D eigenvalue weighted by Crippen LogP contribution is -2.53. The molecule has 0 saturated heterocycles. The number of anilines is 2. The van der Waals surface area contributed by atoms with Crippen molar-refractivity contribution in [3.05, 3.63) is 18.2 Å². The monoisotopic (exact) mass is 220 g/mol. The molecule has 0 radical (unpaired) electrons. The van der Waals surface area contributed by atoms with Gasteiger partial charge in [-0.15, -0.1) is 0 Å². The molecule has 0 atom stereocenters. The second-order valence-electron chi connectivity index (χ2n) is 5.08. The Morgan fingerprint density at radius 1 is 1.19 bits per heavy atom. The Labute approximate surface area is 97.6 Å². The van der Waals surface area contributed by atoms with Crippen molar-refractivity contribution >= 4 is 11.4 Å². The van der Waals surface area contributed by atoms with E-state index in [1.807, 2.05) is 6.07 Å². The highest BCUT2D eigenvalue weighted by molar-refractivity contribution is 5.76. The molecule has 0 aliphatic carbocycles. The maximum Gasteiger partial charge on any atom is 0.121 e. The molecule has 0 amide bonds. The highest BCUT2D eigenvalue weighted by atomic mass is 16.5. The minimum atomic E-state index is 0.147. The summed E-state index contributed by atoms with van der Waals surface area (Å²) in [4.78, 5) is 4.62. The third-order valence-corrected chi connectivity index (χ3v) is 3.49. The first-order valence-electron chi connectivity index (χ1n) is 5.59. The lowest BCUT2D eigenvalue weighted by atomic mass is 9.97. The average Bonchev–Trinajstić information content (AvgIpc) is 2.25. The number of methoxy groups -OCH3 is 1. The minimum Gasteiger partial charge on any atom is -0.497 e. The molecule has 0 unspecified atom stereocenters. The third-order valence-electron chi connectivity index (χ3n) is 3.49. The summed E-state index contributed by atoms with van der Waals surface area (Å²) < 4.78 is 5.29. The average molecular weight is 220 g/mol. The third kappa shape index (κ3) is 1.60. The summed E-state index contributed by atoms with van der Waals surface area (Å²) in [5, 5.41) is 0. The summed E-state index contributed by atoms with van der Waals surface area (Å²) in [6.07, 6.45) is 0. The second kappa shape index (κ2) is 3.58. The van der Waals surface area contributed by atoms with E-state index in [1.54, 1.807) is 7.11 Å². The van der Waals surface area contributed by atoms with Gasteiger partial charge in [-0.2, -0.15) is 0 Å². The van der Waals surface area contributed by atoms with Crippen LogP contribution in [0.15, 0.2) is 18.2 Å². The number of rotatable bonds is 1. The molecule has 88 valence electrons. The molecule has 0 aromatic heterocycles. The van der Waals surface area contributed by atoms with Gasteiger partial charge in [0.1, 0.15) is 5.75 Å². The highest BCUT2D eigenvalue weighted by Crippen LogP contribution is 2.39. The fourth-order valence-electron chi connectivity index (χ4n) is 2.32. The number of likely N-dealkylation sites (N-methyl/N-ethyl adjacent to an activating group) is 2. The van der Waals surface area contributed by atoms with Crippen molar-refractivity contribution in [2.45, 2.75) is 19.4 Å². The zero-order valence-electron chi connectivity index (χ0n) is 10.7. The highest BCUT2D eigenvalue weighted by Gasteiger charge is 2.32. The van der Waals surface area contributed by atoms with Crippen LogP contribution in [0.1, 0.15) is 13.8 Å². The standard InChI is InChI=1S/C13H20N2O/c1-13(2)9-14(3)11-7-6-10(16-5)8-12(11)15(13)4/h6-8H,9H2,1-5H3.